The molecule has 26 heavy (non-hydrogen) atoms. The third-order valence-electron chi connectivity index (χ3n) is 4.10. The van der Waals surface area contributed by atoms with E-state index in [0.29, 0.717) is 29.8 Å². The SMILES string of the molecule is Cc1cc(Nc2ccc(C(C)C)cc2)nc(NCc2ccccc2F)n1. The standard InChI is InChI=1S/C21H23FN4/c1-14(2)16-8-10-18(11-9-16)25-20-12-15(3)24-21(26-20)23-13-17-6-4-5-7-19(17)22/h4-12,14H,13H2,1-3H3,(H2,23,24,25,26). The highest BCUT2D eigenvalue weighted by atomic mass is 19.1. The average molecular weight is 350 g/mol. The highest BCUT2D eigenvalue weighted by Gasteiger charge is 2.06. The predicted molar refractivity (Wildman–Crippen MR) is 104 cm³/mol. The summed E-state index contributed by atoms with van der Waals surface area (Å²) in [6, 6.07) is 16.9. The number of aromatic nitrogens is 2. The van der Waals surface area contributed by atoms with Crippen LogP contribution in [0.15, 0.2) is 54.6 Å². The van der Waals surface area contributed by atoms with Gasteiger partial charge in [0.1, 0.15) is 11.6 Å². The van der Waals surface area contributed by atoms with E-state index in [4.69, 9.17) is 0 Å². The second-order valence-electron chi connectivity index (χ2n) is 6.56. The van der Waals surface area contributed by atoms with E-state index in [1.54, 1.807) is 12.1 Å². The van der Waals surface area contributed by atoms with Crippen molar-refractivity contribution >= 4 is 17.5 Å². The van der Waals surface area contributed by atoms with Crippen LogP contribution in [-0.2, 0) is 6.54 Å². The first-order chi connectivity index (χ1) is 12.5. The van der Waals surface area contributed by atoms with Gasteiger partial charge in [0.25, 0.3) is 0 Å². The first kappa shape index (κ1) is 17.9. The van der Waals surface area contributed by atoms with E-state index in [-0.39, 0.29) is 5.82 Å². The summed E-state index contributed by atoms with van der Waals surface area (Å²) in [4.78, 5) is 8.85. The van der Waals surface area contributed by atoms with E-state index in [2.05, 4.69) is 46.6 Å². The van der Waals surface area contributed by atoms with Crippen LogP contribution in [0.3, 0.4) is 0 Å². The Hall–Kier alpha value is -2.95. The Balaban J connectivity index is 1.72. The summed E-state index contributed by atoms with van der Waals surface area (Å²) in [5.74, 6) is 1.43. The average Bonchev–Trinajstić information content (AvgIpc) is 2.61. The number of hydrogen-bond acceptors (Lipinski definition) is 4. The Morgan fingerprint density at radius 2 is 1.73 bits per heavy atom. The van der Waals surface area contributed by atoms with Crippen molar-refractivity contribution in [3.05, 3.63) is 77.2 Å². The van der Waals surface area contributed by atoms with Crippen LogP contribution in [0.1, 0.15) is 36.6 Å². The van der Waals surface area contributed by atoms with Gasteiger partial charge in [0.15, 0.2) is 0 Å². The number of aryl methyl sites for hydroxylation is 1. The maximum absolute atomic E-state index is 13.7. The monoisotopic (exact) mass is 350 g/mol. The van der Waals surface area contributed by atoms with Crippen molar-refractivity contribution in [1.82, 2.24) is 9.97 Å². The van der Waals surface area contributed by atoms with Gasteiger partial charge in [-0.1, -0.05) is 44.2 Å². The van der Waals surface area contributed by atoms with Gasteiger partial charge in [-0.2, -0.15) is 4.98 Å². The summed E-state index contributed by atoms with van der Waals surface area (Å²) in [5.41, 5.74) is 3.67. The van der Waals surface area contributed by atoms with Crippen LogP contribution < -0.4 is 10.6 Å². The van der Waals surface area contributed by atoms with Crippen molar-refractivity contribution < 1.29 is 4.39 Å². The van der Waals surface area contributed by atoms with Crippen molar-refractivity contribution in [3.8, 4) is 0 Å². The molecule has 0 fully saturated rings. The van der Waals surface area contributed by atoms with Crippen LogP contribution in [0.25, 0.3) is 0 Å². The molecular formula is C21H23FN4. The molecule has 0 unspecified atom stereocenters. The molecule has 0 saturated heterocycles. The first-order valence-corrected chi connectivity index (χ1v) is 8.71. The molecule has 5 heteroatoms. The lowest BCUT2D eigenvalue weighted by molar-refractivity contribution is 0.612. The van der Waals surface area contributed by atoms with Gasteiger partial charge in [0.2, 0.25) is 5.95 Å². The van der Waals surface area contributed by atoms with Gasteiger partial charge in [0, 0.05) is 29.6 Å². The molecule has 2 N–H and O–H groups in total. The van der Waals surface area contributed by atoms with Crippen LogP contribution in [0.5, 0.6) is 0 Å². The lowest BCUT2D eigenvalue weighted by atomic mass is 10.0. The number of rotatable bonds is 6. The molecule has 0 bridgehead atoms. The first-order valence-electron chi connectivity index (χ1n) is 8.71. The molecule has 0 aliphatic carbocycles. The molecule has 4 nitrogen and oxygen atoms in total. The van der Waals surface area contributed by atoms with Crippen molar-refractivity contribution in [2.75, 3.05) is 10.6 Å². The molecule has 3 rings (SSSR count). The number of anilines is 3. The molecule has 0 spiro atoms. The van der Waals surface area contributed by atoms with Crippen LogP contribution in [-0.4, -0.2) is 9.97 Å². The summed E-state index contributed by atoms with van der Waals surface area (Å²) < 4.78 is 13.7. The van der Waals surface area contributed by atoms with Crippen molar-refractivity contribution in [1.29, 1.82) is 0 Å². The Morgan fingerprint density at radius 3 is 2.42 bits per heavy atom. The second kappa shape index (κ2) is 7.95. The minimum absolute atomic E-state index is 0.240. The topological polar surface area (TPSA) is 49.8 Å². The van der Waals surface area contributed by atoms with Gasteiger partial charge in [0.05, 0.1) is 0 Å². The number of nitrogens with one attached hydrogen (secondary N) is 2. The quantitative estimate of drug-likeness (QED) is 0.625. The van der Waals surface area contributed by atoms with Crippen LogP contribution in [0.2, 0.25) is 0 Å². The van der Waals surface area contributed by atoms with Crippen molar-refractivity contribution in [3.63, 3.8) is 0 Å². The Morgan fingerprint density at radius 1 is 1.00 bits per heavy atom. The molecule has 2 aromatic carbocycles. The molecule has 3 aromatic rings. The summed E-state index contributed by atoms with van der Waals surface area (Å²) in [5, 5.41) is 6.39. The number of benzene rings is 2. The fraction of sp³-hybridized carbons (Fsp3) is 0.238. The minimum atomic E-state index is -0.240. The normalized spacial score (nSPS) is 10.8. The zero-order valence-electron chi connectivity index (χ0n) is 15.3. The van der Waals surface area contributed by atoms with E-state index < -0.39 is 0 Å². The molecule has 1 aromatic heterocycles. The highest BCUT2D eigenvalue weighted by Crippen LogP contribution is 2.21. The van der Waals surface area contributed by atoms with Crippen molar-refractivity contribution in [2.24, 2.45) is 0 Å². The Kier molecular flexibility index (Phi) is 5.46. The van der Waals surface area contributed by atoms with Gasteiger partial charge in [-0.05, 0) is 36.6 Å². The molecule has 0 saturated carbocycles. The molecule has 1 heterocycles. The summed E-state index contributed by atoms with van der Waals surface area (Å²) in [6.45, 7) is 6.58. The summed E-state index contributed by atoms with van der Waals surface area (Å²) in [6.07, 6.45) is 0. The molecule has 0 amide bonds. The molecular weight excluding hydrogens is 327 g/mol. The molecule has 0 atom stereocenters. The van der Waals surface area contributed by atoms with E-state index in [9.17, 15) is 4.39 Å². The Bertz CT molecular complexity index is 875. The van der Waals surface area contributed by atoms with E-state index in [1.165, 1.54) is 11.6 Å². The zero-order valence-corrected chi connectivity index (χ0v) is 15.3. The Labute approximate surface area is 153 Å². The van der Waals surface area contributed by atoms with Crippen LogP contribution in [0, 0.1) is 12.7 Å². The lowest BCUT2D eigenvalue weighted by Crippen LogP contribution is -2.07. The number of halogens is 1. The fourth-order valence-electron chi connectivity index (χ4n) is 2.63. The molecule has 0 aliphatic rings. The number of nitrogens with zero attached hydrogens (tertiary/aromatic N) is 2. The lowest BCUT2D eigenvalue weighted by Gasteiger charge is -2.11. The largest absolute Gasteiger partial charge is 0.350 e. The third-order valence-corrected chi connectivity index (χ3v) is 4.10. The highest BCUT2D eigenvalue weighted by molar-refractivity contribution is 5.58. The van der Waals surface area contributed by atoms with Gasteiger partial charge in [-0.15, -0.1) is 0 Å². The van der Waals surface area contributed by atoms with E-state index >= 15 is 0 Å². The van der Waals surface area contributed by atoms with Crippen LogP contribution in [0.4, 0.5) is 21.8 Å². The third kappa shape index (κ3) is 4.57. The number of hydrogen-bond donors (Lipinski definition) is 2. The molecule has 0 radical (unpaired) electrons. The molecule has 0 aliphatic heterocycles. The van der Waals surface area contributed by atoms with E-state index in [1.807, 2.05) is 31.2 Å². The second-order valence-corrected chi connectivity index (χ2v) is 6.56. The van der Waals surface area contributed by atoms with Gasteiger partial charge >= 0.3 is 0 Å². The fourth-order valence-corrected chi connectivity index (χ4v) is 2.63. The maximum Gasteiger partial charge on any atom is 0.225 e. The summed E-state index contributed by atoms with van der Waals surface area (Å²) in [7, 11) is 0. The maximum atomic E-state index is 13.7. The molecule has 134 valence electrons. The van der Waals surface area contributed by atoms with Gasteiger partial charge < -0.3 is 10.6 Å². The van der Waals surface area contributed by atoms with E-state index in [0.717, 1.165) is 11.4 Å². The van der Waals surface area contributed by atoms with Crippen LogP contribution >= 0.6 is 0 Å². The summed E-state index contributed by atoms with van der Waals surface area (Å²) >= 11 is 0. The van der Waals surface area contributed by atoms with Gasteiger partial charge in [-0.25, -0.2) is 9.37 Å². The minimum Gasteiger partial charge on any atom is -0.350 e. The van der Waals surface area contributed by atoms with Gasteiger partial charge in [-0.3, -0.25) is 0 Å². The van der Waals surface area contributed by atoms with Crippen molar-refractivity contribution in [2.45, 2.75) is 33.2 Å². The predicted octanol–water partition coefficient (Wildman–Crippen LogP) is 5.40. The zero-order chi connectivity index (χ0) is 18.5. The smallest absolute Gasteiger partial charge is 0.225 e.